The van der Waals surface area contributed by atoms with Gasteiger partial charge in [0.05, 0.1) is 5.97 Å². The van der Waals surface area contributed by atoms with Gasteiger partial charge in [0, 0.05) is 5.92 Å². The average Bonchev–Trinajstić information content (AvgIpc) is 2.12. The second-order valence-corrected chi connectivity index (χ2v) is 3.11. The summed E-state index contributed by atoms with van der Waals surface area (Å²) in [6.45, 7) is 3.04. The number of hydrogen-bond acceptors (Lipinski definition) is 2. The first-order valence-corrected chi connectivity index (χ1v) is 3.91. The highest BCUT2D eigenvalue weighted by atomic mass is 19.4. The Balaban J connectivity index is 5.06. The van der Waals surface area contributed by atoms with Crippen molar-refractivity contribution < 1.29 is 36.2 Å². The Morgan fingerprint density at radius 3 is 1.88 bits per heavy atom. The molecule has 0 heterocycles. The van der Waals surface area contributed by atoms with Gasteiger partial charge in [0.25, 0.3) is 12.1 Å². The van der Waals surface area contributed by atoms with Gasteiger partial charge in [-0.25, -0.2) is 13.2 Å². The number of carboxylic acid groups (broad SMARTS) is 1. The second-order valence-electron chi connectivity index (χ2n) is 3.11. The summed E-state index contributed by atoms with van der Waals surface area (Å²) in [5.41, 5.74) is -1.29. The van der Waals surface area contributed by atoms with Crippen LogP contribution in [0.5, 0.6) is 0 Å². The summed E-state index contributed by atoms with van der Waals surface area (Å²) in [6.07, 6.45) is -10.2. The van der Waals surface area contributed by atoms with Gasteiger partial charge in [0.1, 0.15) is 0 Å². The maximum Gasteiger partial charge on any atom is 0.425 e. The van der Waals surface area contributed by atoms with Crippen molar-refractivity contribution in [3.63, 3.8) is 0 Å². The van der Waals surface area contributed by atoms with Gasteiger partial charge in [-0.1, -0.05) is 13.5 Å². The van der Waals surface area contributed by atoms with Crippen LogP contribution in [0.2, 0.25) is 0 Å². The SMILES string of the molecule is C=C(C(=O)[O-])C(C)C(F)(F)C(F)C(F)(F)F. The third-order valence-corrected chi connectivity index (χ3v) is 1.99. The zero-order valence-electron chi connectivity index (χ0n) is 7.95. The van der Waals surface area contributed by atoms with Gasteiger partial charge in [-0.15, -0.1) is 0 Å². The van der Waals surface area contributed by atoms with Crippen LogP contribution in [0.15, 0.2) is 12.2 Å². The first-order valence-electron chi connectivity index (χ1n) is 3.91. The molecule has 16 heavy (non-hydrogen) atoms. The number of carbonyl (C=O) groups excluding carboxylic acids is 1. The third kappa shape index (κ3) is 2.89. The maximum atomic E-state index is 12.9. The highest BCUT2D eigenvalue weighted by Gasteiger charge is 2.59. The summed E-state index contributed by atoms with van der Waals surface area (Å²) in [6, 6.07) is 0. The molecule has 0 amide bonds. The molecule has 8 heteroatoms. The molecule has 0 radical (unpaired) electrons. The van der Waals surface area contributed by atoms with Gasteiger partial charge < -0.3 is 9.90 Å². The molecule has 0 aromatic rings. The average molecular weight is 249 g/mol. The number of hydrogen-bond donors (Lipinski definition) is 0. The van der Waals surface area contributed by atoms with Gasteiger partial charge in [-0.2, -0.15) is 13.2 Å². The highest BCUT2D eigenvalue weighted by Crippen LogP contribution is 2.41. The number of rotatable bonds is 4. The standard InChI is InChI=1S/C8H8F6O2/c1-3(5(15)16)4(2)7(10,11)6(9)8(12,13)14/h4,6H,1H2,2H3,(H,15,16)/p-1. The molecule has 0 fully saturated rings. The number of carbonyl (C=O) groups is 1. The van der Waals surface area contributed by atoms with E-state index >= 15 is 0 Å². The molecule has 0 aliphatic rings. The van der Waals surface area contributed by atoms with Crippen LogP contribution in [0.1, 0.15) is 6.92 Å². The molecule has 0 spiro atoms. The molecule has 0 saturated carbocycles. The van der Waals surface area contributed by atoms with Crippen molar-refractivity contribution >= 4 is 5.97 Å². The van der Waals surface area contributed by atoms with E-state index in [-0.39, 0.29) is 0 Å². The monoisotopic (exact) mass is 249 g/mol. The predicted molar refractivity (Wildman–Crippen MR) is 39.2 cm³/mol. The van der Waals surface area contributed by atoms with Gasteiger partial charge in [0.2, 0.25) is 0 Å². The Labute approximate surface area is 86.6 Å². The maximum absolute atomic E-state index is 12.9. The summed E-state index contributed by atoms with van der Waals surface area (Å²) < 4.78 is 73.3. The van der Waals surface area contributed by atoms with Crippen LogP contribution in [0.25, 0.3) is 0 Å². The molecule has 2 nitrogen and oxygen atoms in total. The molecule has 0 saturated heterocycles. The summed E-state index contributed by atoms with van der Waals surface area (Å²) in [4.78, 5) is 10.1. The van der Waals surface area contributed by atoms with Crippen LogP contribution >= 0.6 is 0 Å². The van der Waals surface area contributed by atoms with Crippen LogP contribution < -0.4 is 5.11 Å². The minimum atomic E-state index is -5.77. The van der Waals surface area contributed by atoms with E-state index in [2.05, 4.69) is 6.58 Å². The topological polar surface area (TPSA) is 40.1 Å². The molecule has 0 N–H and O–H groups in total. The molecule has 0 bridgehead atoms. The molecule has 0 aromatic carbocycles. The Bertz CT molecular complexity index is 295. The van der Waals surface area contributed by atoms with Crippen molar-refractivity contribution in [2.75, 3.05) is 0 Å². The molecular weight excluding hydrogens is 242 g/mol. The smallest absolute Gasteiger partial charge is 0.425 e. The van der Waals surface area contributed by atoms with E-state index in [0.717, 1.165) is 0 Å². The van der Waals surface area contributed by atoms with Crippen LogP contribution in [0.4, 0.5) is 26.3 Å². The quantitative estimate of drug-likeness (QED) is 0.559. The lowest BCUT2D eigenvalue weighted by atomic mass is 9.92. The minimum absolute atomic E-state index is 0.427. The first kappa shape index (κ1) is 14.8. The number of carboxylic acids is 1. The van der Waals surface area contributed by atoms with Crippen molar-refractivity contribution in [2.24, 2.45) is 5.92 Å². The Hall–Kier alpha value is -1.21. The Morgan fingerprint density at radius 2 is 1.62 bits per heavy atom. The van der Waals surface area contributed by atoms with Crippen molar-refractivity contribution in [2.45, 2.75) is 25.2 Å². The van der Waals surface area contributed by atoms with Crippen LogP contribution in [-0.4, -0.2) is 24.2 Å². The fourth-order valence-corrected chi connectivity index (χ4v) is 0.847. The molecule has 2 unspecified atom stereocenters. The summed E-state index contributed by atoms with van der Waals surface area (Å²) in [7, 11) is 0. The van der Waals surface area contributed by atoms with Gasteiger partial charge in [0.15, 0.2) is 0 Å². The normalized spacial score (nSPS) is 16.7. The van der Waals surface area contributed by atoms with Crippen molar-refractivity contribution in [3.05, 3.63) is 12.2 Å². The lowest BCUT2D eigenvalue weighted by Gasteiger charge is -2.29. The van der Waals surface area contributed by atoms with Gasteiger partial charge in [-0.3, -0.25) is 0 Å². The second kappa shape index (κ2) is 4.34. The highest BCUT2D eigenvalue weighted by molar-refractivity contribution is 5.84. The molecule has 94 valence electrons. The van der Waals surface area contributed by atoms with Crippen LogP contribution in [-0.2, 0) is 4.79 Å². The van der Waals surface area contributed by atoms with Crippen LogP contribution in [0.3, 0.4) is 0 Å². The fourth-order valence-electron chi connectivity index (χ4n) is 0.847. The van der Waals surface area contributed by atoms with E-state index in [4.69, 9.17) is 0 Å². The number of halogens is 6. The minimum Gasteiger partial charge on any atom is -0.545 e. The van der Waals surface area contributed by atoms with Gasteiger partial charge >= 0.3 is 6.18 Å². The predicted octanol–water partition coefficient (Wildman–Crippen LogP) is 1.46. The zero-order chi connectivity index (χ0) is 13.3. The summed E-state index contributed by atoms with van der Waals surface area (Å²) in [5, 5.41) is 10.1. The fraction of sp³-hybridized carbons (Fsp3) is 0.625. The van der Waals surface area contributed by atoms with E-state index in [0.29, 0.717) is 6.92 Å². The number of alkyl halides is 6. The van der Waals surface area contributed by atoms with Crippen molar-refractivity contribution in [1.82, 2.24) is 0 Å². The summed E-state index contributed by atoms with van der Waals surface area (Å²) in [5.74, 6) is -9.58. The molecule has 0 aliphatic carbocycles. The zero-order valence-corrected chi connectivity index (χ0v) is 7.95. The van der Waals surface area contributed by atoms with Crippen molar-refractivity contribution in [3.8, 4) is 0 Å². The Morgan fingerprint density at radius 1 is 1.25 bits per heavy atom. The summed E-state index contributed by atoms with van der Waals surface area (Å²) >= 11 is 0. The van der Waals surface area contributed by atoms with E-state index in [9.17, 15) is 36.2 Å². The van der Waals surface area contributed by atoms with E-state index < -0.39 is 35.7 Å². The van der Waals surface area contributed by atoms with Gasteiger partial charge in [-0.05, 0) is 5.57 Å². The molecular formula is C8H7F6O2-. The first-order chi connectivity index (χ1) is 6.92. The van der Waals surface area contributed by atoms with E-state index in [1.54, 1.807) is 0 Å². The lowest BCUT2D eigenvalue weighted by molar-refractivity contribution is -0.302. The molecule has 0 aromatic heterocycles. The molecule has 0 aliphatic heterocycles. The largest absolute Gasteiger partial charge is 0.545 e. The third-order valence-electron chi connectivity index (χ3n) is 1.99. The lowest BCUT2D eigenvalue weighted by Crippen LogP contribution is -2.48. The van der Waals surface area contributed by atoms with E-state index in [1.165, 1.54) is 0 Å². The molecule has 0 rings (SSSR count). The number of aliphatic carboxylic acids is 1. The molecule has 2 atom stereocenters. The van der Waals surface area contributed by atoms with Crippen LogP contribution in [0, 0.1) is 5.92 Å². The Kier molecular flexibility index (Phi) is 4.01. The van der Waals surface area contributed by atoms with Crippen molar-refractivity contribution in [1.29, 1.82) is 0 Å². The van der Waals surface area contributed by atoms with E-state index in [1.807, 2.05) is 0 Å².